The molecule has 1 aromatic rings. The first-order chi connectivity index (χ1) is 7.04. The van der Waals surface area contributed by atoms with E-state index < -0.39 is 0 Å². The maximum absolute atomic E-state index is 6.00. The lowest BCUT2D eigenvalue weighted by atomic mass is 10.2. The molecule has 1 rings (SSSR count). The molecule has 0 saturated carbocycles. The molecule has 0 aliphatic heterocycles. The summed E-state index contributed by atoms with van der Waals surface area (Å²) in [5.41, 5.74) is 0.819. The molecule has 0 fully saturated rings. The Morgan fingerprint density at radius 1 is 1.27 bits per heavy atom. The highest BCUT2D eigenvalue weighted by molar-refractivity contribution is 6.37. The summed E-state index contributed by atoms with van der Waals surface area (Å²) in [5.74, 6) is 1.13. The van der Waals surface area contributed by atoms with Crippen LogP contribution in [0.4, 0.5) is 5.69 Å². The van der Waals surface area contributed by atoms with Gasteiger partial charge in [-0.1, -0.05) is 37.0 Å². The highest BCUT2D eigenvalue weighted by atomic mass is 35.5. The van der Waals surface area contributed by atoms with Crippen LogP contribution in [0.5, 0.6) is 5.75 Å². The number of anilines is 1. The van der Waals surface area contributed by atoms with Crippen molar-refractivity contribution in [1.29, 1.82) is 0 Å². The third-order valence-electron chi connectivity index (χ3n) is 1.86. The Morgan fingerprint density at radius 3 is 2.47 bits per heavy atom. The second kappa shape index (κ2) is 5.47. The summed E-state index contributed by atoms with van der Waals surface area (Å²) >= 11 is 12.0. The minimum atomic E-state index is 0.467. The summed E-state index contributed by atoms with van der Waals surface area (Å²) in [6.07, 6.45) is 0. The molecule has 0 aromatic heterocycles. The topological polar surface area (TPSA) is 21.3 Å². The van der Waals surface area contributed by atoms with Crippen molar-refractivity contribution in [2.24, 2.45) is 5.92 Å². The minimum absolute atomic E-state index is 0.467. The van der Waals surface area contributed by atoms with Gasteiger partial charge in [-0.3, -0.25) is 0 Å². The van der Waals surface area contributed by atoms with Crippen molar-refractivity contribution >= 4 is 28.9 Å². The van der Waals surface area contributed by atoms with E-state index >= 15 is 0 Å². The fourth-order valence-electron chi connectivity index (χ4n) is 1.09. The molecule has 0 bridgehead atoms. The molecule has 4 heteroatoms. The van der Waals surface area contributed by atoms with Crippen molar-refractivity contribution in [2.75, 3.05) is 19.0 Å². The lowest BCUT2D eigenvalue weighted by Gasteiger charge is -2.12. The standard InChI is InChI=1S/C11H15Cl2NO/c1-7(2)6-15-11-5-10(14-3)8(12)4-9(11)13/h4-5,7,14H,6H2,1-3H3. The molecular weight excluding hydrogens is 233 g/mol. The van der Waals surface area contributed by atoms with E-state index in [0.29, 0.717) is 28.3 Å². The Bertz CT molecular complexity index is 340. The van der Waals surface area contributed by atoms with Crippen LogP contribution in [0.3, 0.4) is 0 Å². The van der Waals surface area contributed by atoms with Gasteiger partial charge in [-0.15, -0.1) is 0 Å². The molecule has 15 heavy (non-hydrogen) atoms. The van der Waals surface area contributed by atoms with E-state index in [1.165, 1.54) is 0 Å². The van der Waals surface area contributed by atoms with Crippen LogP contribution in [0.15, 0.2) is 12.1 Å². The van der Waals surface area contributed by atoms with Gasteiger partial charge in [0.25, 0.3) is 0 Å². The zero-order valence-electron chi connectivity index (χ0n) is 9.10. The van der Waals surface area contributed by atoms with Crippen molar-refractivity contribution < 1.29 is 4.74 Å². The molecule has 0 aliphatic carbocycles. The molecular formula is C11H15Cl2NO. The van der Waals surface area contributed by atoms with E-state index in [2.05, 4.69) is 19.2 Å². The van der Waals surface area contributed by atoms with Gasteiger partial charge in [-0.05, 0) is 12.0 Å². The largest absolute Gasteiger partial charge is 0.492 e. The van der Waals surface area contributed by atoms with Crippen LogP contribution in [0.2, 0.25) is 10.0 Å². The Kier molecular flexibility index (Phi) is 4.55. The van der Waals surface area contributed by atoms with Gasteiger partial charge in [0.2, 0.25) is 0 Å². The molecule has 1 N–H and O–H groups in total. The fraction of sp³-hybridized carbons (Fsp3) is 0.455. The van der Waals surface area contributed by atoms with Gasteiger partial charge >= 0.3 is 0 Å². The lowest BCUT2D eigenvalue weighted by molar-refractivity contribution is 0.271. The first-order valence-electron chi connectivity index (χ1n) is 4.84. The summed E-state index contributed by atoms with van der Waals surface area (Å²) in [5, 5.41) is 4.12. The average Bonchev–Trinajstić information content (AvgIpc) is 2.16. The van der Waals surface area contributed by atoms with Crippen molar-refractivity contribution in [3.8, 4) is 5.75 Å². The van der Waals surface area contributed by atoms with Crippen LogP contribution in [0, 0.1) is 5.92 Å². The number of benzene rings is 1. The zero-order chi connectivity index (χ0) is 11.4. The maximum atomic E-state index is 6.00. The summed E-state index contributed by atoms with van der Waals surface area (Å²) in [6.45, 7) is 4.82. The normalized spacial score (nSPS) is 10.5. The van der Waals surface area contributed by atoms with Crippen LogP contribution in [0.25, 0.3) is 0 Å². The molecule has 0 saturated heterocycles. The van der Waals surface area contributed by atoms with Crippen LogP contribution in [0.1, 0.15) is 13.8 Å². The number of rotatable bonds is 4. The highest BCUT2D eigenvalue weighted by Gasteiger charge is 2.08. The van der Waals surface area contributed by atoms with Crippen LogP contribution in [-0.4, -0.2) is 13.7 Å². The van der Waals surface area contributed by atoms with Crippen molar-refractivity contribution in [3.63, 3.8) is 0 Å². The van der Waals surface area contributed by atoms with Gasteiger partial charge in [-0.25, -0.2) is 0 Å². The second-order valence-corrected chi connectivity index (χ2v) is 4.53. The summed E-state index contributed by atoms with van der Waals surface area (Å²) < 4.78 is 5.57. The monoisotopic (exact) mass is 247 g/mol. The van der Waals surface area contributed by atoms with Gasteiger partial charge in [0.05, 0.1) is 22.3 Å². The molecule has 2 nitrogen and oxygen atoms in total. The van der Waals surface area contributed by atoms with Gasteiger partial charge in [0.1, 0.15) is 5.75 Å². The molecule has 0 radical (unpaired) electrons. The number of halogens is 2. The van der Waals surface area contributed by atoms with E-state index in [1.54, 1.807) is 13.1 Å². The predicted octanol–water partition coefficient (Wildman–Crippen LogP) is 4.07. The van der Waals surface area contributed by atoms with Gasteiger partial charge in [0, 0.05) is 13.1 Å². The van der Waals surface area contributed by atoms with Crippen LogP contribution in [-0.2, 0) is 0 Å². The van der Waals surface area contributed by atoms with Crippen LogP contribution >= 0.6 is 23.2 Å². The minimum Gasteiger partial charge on any atom is -0.492 e. The van der Waals surface area contributed by atoms with E-state index in [9.17, 15) is 0 Å². The van der Waals surface area contributed by atoms with Gasteiger partial charge in [-0.2, -0.15) is 0 Å². The number of ether oxygens (including phenoxy) is 1. The molecule has 84 valence electrons. The highest BCUT2D eigenvalue weighted by Crippen LogP contribution is 2.34. The van der Waals surface area contributed by atoms with Crippen molar-refractivity contribution in [1.82, 2.24) is 0 Å². The van der Waals surface area contributed by atoms with Crippen LogP contribution < -0.4 is 10.1 Å². The molecule has 0 spiro atoms. The number of hydrogen-bond acceptors (Lipinski definition) is 2. The van der Waals surface area contributed by atoms with E-state index in [0.717, 1.165) is 5.69 Å². The zero-order valence-corrected chi connectivity index (χ0v) is 10.6. The smallest absolute Gasteiger partial charge is 0.140 e. The Balaban J connectivity index is 2.87. The quantitative estimate of drug-likeness (QED) is 0.867. The number of nitrogens with one attached hydrogen (secondary N) is 1. The molecule has 0 aliphatic rings. The molecule has 0 heterocycles. The third-order valence-corrected chi connectivity index (χ3v) is 2.47. The molecule has 0 amide bonds. The maximum Gasteiger partial charge on any atom is 0.140 e. The molecule has 1 aromatic carbocycles. The molecule has 0 unspecified atom stereocenters. The van der Waals surface area contributed by atoms with Gasteiger partial charge in [0.15, 0.2) is 0 Å². The Hall–Kier alpha value is -0.600. The third kappa shape index (κ3) is 3.47. The first kappa shape index (κ1) is 12.5. The van der Waals surface area contributed by atoms with E-state index in [4.69, 9.17) is 27.9 Å². The summed E-state index contributed by atoms with van der Waals surface area (Å²) in [7, 11) is 1.81. The Labute approximate surface area is 101 Å². The van der Waals surface area contributed by atoms with Crippen molar-refractivity contribution in [2.45, 2.75) is 13.8 Å². The Morgan fingerprint density at radius 2 is 1.93 bits per heavy atom. The fourth-order valence-corrected chi connectivity index (χ4v) is 1.62. The van der Waals surface area contributed by atoms with E-state index in [1.807, 2.05) is 6.07 Å². The van der Waals surface area contributed by atoms with E-state index in [-0.39, 0.29) is 0 Å². The predicted molar refractivity (Wildman–Crippen MR) is 66.3 cm³/mol. The second-order valence-electron chi connectivity index (χ2n) is 3.72. The van der Waals surface area contributed by atoms with Crippen molar-refractivity contribution in [3.05, 3.63) is 22.2 Å². The lowest BCUT2D eigenvalue weighted by Crippen LogP contribution is -2.05. The average molecular weight is 248 g/mol. The first-order valence-corrected chi connectivity index (χ1v) is 5.59. The summed E-state index contributed by atoms with van der Waals surface area (Å²) in [4.78, 5) is 0. The number of hydrogen-bond donors (Lipinski definition) is 1. The van der Waals surface area contributed by atoms with Gasteiger partial charge < -0.3 is 10.1 Å². The SMILES string of the molecule is CNc1cc(OCC(C)C)c(Cl)cc1Cl. The summed E-state index contributed by atoms with van der Waals surface area (Å²) in [6, 6.07) is 3.50. The molecule has 0 atom stereocenters.